The molecule has 0 fully saturated rings. The van der Waals surface area contributed by atoms with Crippen LogP contribution in [0.1, 0.15) is 16.7 Å². The third-order valence-corrected chi connectivity index (χ3v) is 3.38. The molecule has 1 N–H and O–H groups in total. The highest BCUT2D eigenvalue weighted by Gasteiger charge is 2.30. The van der Waals surface area contributed by atoms with Gasteiger partial charge >= 0.3 is 6.18 Å². The molecule has 2 aromatic carbocycles. The van der Waals surface area contributed by atoms with E-state index in [0.29, 0.717) is 5.56 Å². The van der Waals surface area contributed by atoms with Crippen LogP contribution in [-0.4, -0.2) is 19.6 Å². The Balaban J connectivity index is 1.90. The van der Waals surface area contributed by atoms with Gasteiger partial charge in [-0.2, -0.15) is 13.2 Å². The first-order valence-electron chi connectivity index (χ1n) is 7.75. The molecule has 2 aromatic rings. The highest BCUT2D eigenvalue weighted by atomic mass is 19.4. The lowest BCUT2D eigenvalue weighted by atomic mass is 10.1. The largest absolute Gasteiger partial charge is 0.494 e. The van der Waals surface area contributed by atoms with Crippen molar-refractivity contribution in [2.45, 2.75) is 6.18 Å². The third-order valence-electron chi connectivity index (χ3n) is 3.38. The molecule has 0 aliphatic carbocycles. The lowest BCUT2D eigenvalue weighted by Gasteiger charge is -2.05. The summed E-state index contributed by atoms with van der Waals surface area (Å²) in [7, 11) is 1.35. The number of hydrogen-bond acceptors (Lipinski definition) is 2. The maximum absolute atomic E-state index is 13.5. The van der Waals surface area contributed by atoms with E-state index in [1.807, 2.05) is 0 Å². The standard InChI is InChI=1S/C20H15F4NO2/c1-27-18-9-7-15(13-17(18)21)8-10-19(26)25-11-3-5-14-4-2-6-16(12-14)20(22,23)24/h2,4,6-10,12-13H,11H2,1H3,(H,25,26)/b10-8+. The number of ether oxygens (including phenoxy) is 1. The van der Waals surface area contributed by atoms with Gasteiger partial charge in [0, 0.05) is 11.6 Å². The minimum atomic E-state index is -4.43. The molecule has 0 aromatic heterocycles. The van der Waals surface area contributed by atoms with Crippen LogP contribution >= 0.6 is 0 Å². The van der Waals surface area contributed by atoms with Crippen molar-refractivity contribution in [2.75, 3.05) is 13.7 Å². The van der Waals surface area contributed by atoms with E-state index in [4.69, 9.17) is 4.74 Å². The van der Waals surface area contributed by atoms with Crippen molar-refractivity contribution < 1.29 is 27.1 Å². The van der Waals surface area contributed by atoms with E-state index in [-0.39, 0.29) is 17.9 Å². The summed E-state index contributed by atoms with van der Waals surface area (Å²) < 4.78 is 56.2. The minimum Gasteiger partial charge on any atom is -0.494 e. The van der Waals surface area contributed by atoms with Gasteiger partial charge in [0.05, 0.1) is 19.2 Å². The Kier molecular flexibility index (Phi) is 6.61. The average Bonchev–Trinajstić information content (AvgIpc) is 2.63. The topological polar surface area (TPSA) is 38.3 Å². The van der Waals surface area contributed by atoms with Crippen molar-refractivity contribution in [1.82, 2.24) is 5.32 Å². The smallest absolute Gasteiger partial charge is 0.416 e. The molecule has 7 heteroatoms. The van der Waals surface area contributed by atoms with Gasteiger partial charge in [-0.15, -0.1) is 0 Å². The molecule has 0 heterocycles. The van der Waals surface area contributed by atoms with Gasteiger partial charge < -0.3 is 10.1 Å². The number of amides is 1. The van der Waals surface area contributed by atoms with Gasteiger partial charge in [0.1, 0.15) is 0 Å². The SMILES string of the molecule is COc1ccc(/C=C/C(=O)NCC#Cc2cccc(C(F)(F)F)c2)cc1F. The maximum Gasteiger partial charge on any atom is 0.416 e. The van der Waals surface area contributed by atoms with E-state index in [9.17, 15) is 22.4 Å². The van der Waals surface area contributed by atoms with Gasteiger partial charge in [-0.25, -0.2) is 4.39 Å². The minimum absolute atomic E-state index is 0.0452. The molecule has 3 nitrogen and oxygen atoms in total. The van der Waals surface area contributed by atoms with Gasteiger partial charge in [-0.3, -0.25) is 4.79 Å². The fourth-order valence-corrected chi connectivity index (χ4v) is 2.07. The lowest BCUT2D eigenvalue weighted by Crippen LogP contribution is -2.20. The first-order chi connectivity index (χ1) is 12.8. The van der Waals surface area contributed by atoms with E-state index in [2.05, 4.69) is 17.2 Å². The van der Waals surface area contributed by atoms with Crippen molar-refractivity contribution >= 4 is 12.0 Å². The van der Waals surface area contributed by atoms with Crippen LogP contribution in [0.2, 0.25) is 0 Å². The number of alkyl halides is 3. The number of rotatable bonds is 4. The Morgan fingerprint density at radius 1 is 1.22 bits per heavy atom. The number of nitrogens with one attached hydrogen (secondary N) is 1. The molecule has 0 aliphatic heterocycles. The highest BCUT2D eigenvalue weighted by Crippen LogP contribution is 2.29. The van der Waals surface area contributed by atoms with Gasteiger partial charge in [-0.05, 0) is 42.0 Å². The van der Waals surface area contributed by atoms with Crippen molar-refractivity contribution in [1.29, 1.82) is 0 Å². The summed E-state index contributed by atoms with van der Waals surface area (Å²) in [5.74, 6) is 4.21. The summed E-state index contributed by atoms with van der Waals surface area (Å²) in [5, 5.41) is 2.47. The molecule has 0 unspecified atom stereocenters. The van der Waals surface area contributed by atoms with Crippen LogP contribution in [-0.2, 0) is 11.0 Å². The van der Waals surface area contributed by atoms with E-state index < -0.39 is 23.5 Å². The fraction of sp³-hybridized carbons (Fsp3) is 0.150. The molecule has 0 atom stereocenters. The molecule has 0 bridgehead atoms. The van der Waals surface area contributed by atoms with E-state index >= 15 is 0 Å². The molecule has 1 amide bonds. The predicted octanol–water partition coefficient (Wildman–Crippen LogP) is 4.03. The molecule has 27 heavy (non-hydrogen) atoms. The molecule has 0 saturated carbocycles. The zero-order valence-electron chi connectivity index (χ0n) is 14.2. The van der Waals surface area contributed by atoms with Crippen LogP contribution in [0.15, 0.2) is 48.5 Å². The van der Waals surface area contributed by atoms with Crippen molar-refractivity contribution in [3.8, 4) is 17.6 Å². The number of methoxy groups -OCH3 is 1. The summed E-state index contributed by atoms with van der Waals surface area (Å²) in [5.41, 5.74) is -0.116. The zero-order valence-corrected chi connectivity index (χ0v) is 14.2. The number of carbonyl (C=O) groups excluding carboxylic acids is 1. The van der Waals surface area contributed by atoms with Crippen LogP contribution in [0.4, 0.5) is 17.6 Å². The van der Waals surface area contributed by atoms with Crippen LogP contribution < -0.4 is 10.1 Å². The van der Waals surface area contributed by atoms with E-state index in [1.54, 1.807) is 6.07 Å². The molecular formula is C20H15F4NO2. The Morgan fingerprint density at radius 2 is 2.00 bits per heavy atom. The molecule has 0 aliphatic rings. The lowest BCUT2D eigenvalue weighted by molar-refractivity contribution is -0.137. The highest BCUT2D eigenvalue weighted by molar-refractivity contribution is 5.91. The number of benzene rings is 2. The van der Waals surface area contributed by atoms with Crippen LogP contribution in [0.5, 0.6) is 5.75 Å². The number of halogens is 4. The summed E-state index contributed by atoms with van der Waals surface area (Å²) in [6, 6.07) is 8.85. The normalized spacial score (nSPS) is 11.0. The third kappa shape index (κ3) is 6.19. The van der Waals surface area contributed by atoms with Gasteiger partial charge in [0.15, 0.2) is 11.6 Å². The van der Waals surface area contributed by atoms with Crippen molar-refractivity contribution in [3.05, 3.63) is 71.0 Å². The Morgan fingerprint density at radius 3 is 2.67 bits per heavy atom. The Labute approximate surface area is 153 Å². The zero-order chi connectivity index (χ0) is 19.9. The second-order valence-electron chi connectivity index (χ2n) is 5.33. The summed E-state index contributed by atoms with van der Waals surface area (Å²) in [6.07, 6.45) is -1.82. The quantitative estimate of drug-likeness (QED) is 0.496. The van der Waals surface area contributed by atoms with Gasteiger partial charge in [0.2, 0.25) is 5.91 Å². The van der Waals surface area contributed by atoms with Gasteiger partial charge in [-0.1, -0.05) is 24.0 Å². The fourth-order valence-electron chi connectivity index (χ4n) is 2.07. The molecule has 0 spiro atoms. The molecule has 2 rings (SSSR count). The maximum atomic E-state index is 13.5. The monoisotopic (exact) mass is 377 g/mol. The molecule has 0 saturated heterocycles. The number of carbonyl (C=O) groups is 1. The van der Waals surface area contributed by atoms with Crippen molar-refractivity contribution in [3.63, 3.8) is 0 Å². The van der Waals surface area contributed by atoms with Crippen LogP contribution in [0, 0.1) is 17.7 Å². The van der Waals surface area contributed by atoms with Gasteiger partial charge in [0.25, 0.3) is 0 Å². The van der Waals surface area contributed by atoms with E-state index in [1.165, 1.54) is 43.5 Å². The second-order valence-corrected chi connectivity index (χ2v) is 5.33. The summed E-state index contributed by atoms with van der Waals surface area (Å²) in [4.78, 5) is 11.7. The predicted molar refractivity (Wildman–Crippen MR) is 93.3 cm³/mol. The molecule has 140 valence electrons. The average molecular weight is 377 g/mol. The van der Waals surface area contributed by atoms with Crippen LogP contribution in [0.3, 0.4) is 0 Å². The van der Waals surface area contributed by atoms with Crippen LogP contribution in [0.25, 0.3) is 6.08 Å². The first-order valence-corrected chi connectivity index (χ1v) is 7.75. The molecular weight excluding hydrogens is 362 g/mol. The summed E-state index contributed by atoms with van der Waals surface area (Å²) >= 11 is 0. The Bertz CT molecular complexity index is 908. The second kappa shape index (κ2) is 8.90. The number of hydrogen-bond donors (Lipinski definition) is 1. The molecule has 0 radical (unpaired) electrons. The summed E-state index contributed by atoms with van der Waals surface area (Å²) in [6.45, 7) is -0.0452. The van der Waals surface area contributed by atoms with E-state index in [0.717, 1.165) is 12.1 Å². The van der Waals surface area contributed by atoms with Crippen molar-refractivity contribution in [2.24, 2.45) is 0 Å². The Hall–Kier alpha value is -3.27. The first kappa shape index (κ1) is 20.0.